The van der Waals surface area contributed by atoms with Crippen LogP contribution in [0.15, 0.2) is 71.5 Å². The van der Waals surface area contributed by atoms with Crippen molar-refractivity contribution >= 4 is 15.9 Å². The van der Waals surface area contributed by atoms with Gasteiger partial charge in [-0.15, -0.1) is 0 Å². The number of aryl methyl sites for hydroxylation is 2. The molecule has 2 aromatic carbocycles. The molecule has 0 spiro atoms. The summed E-state index contributed by atoms with van der Waals surface area (Å²) in [5.41, 5.74) is 3.74. The Kier molecular flexibility index (Phi) is 4.51. The summed E-state index contributed by atoms with van der Waals surface area (Å²) >= 11 is 3.51. The van der Waals surface area contributed by atoms with Crippen LogP contribution in [0.5, 0.6) is 0 Å². The van der Waals surface area contributed by atoms with Crippen molar-refractivity contribution in [3.05, 3.63) is 77.0 Å². The summed E-state index contributed by atoms with van der Waals surface area (Å²) in [7, 11) is 0. The molecule has 0 amide bonds. The van der Waals surface area contributed by atoms with Crippen LogP contribution in [0.4, 0.5) is 0 Å². The number of rotatable bonds is 5. The number of hydrogen-bond donors (Lipinski definition) is 0. The van der Waals surface area contributed by atoms with Gasteiger partial charge >= 0.3 is 0 Å². The molecule has 0 aliphatic carbocycles. The normalized spacial score (nSPS) is 10.7. The Morgan fingerprint density at radius 1 is 0.952 bits per heavy atom. The minimum absolute atomic E-state index is 0.947. The van der Waals surface area contributed by atoms with Gasteiger partial charge in [0.25, 0.3) is 0 Å². The quantitative estimate of drug-likeness (QED) is 0.642. The van der Waals surface area contributed by atoms with E-state index in [9.17, 15) is 0 Å². The molecule has 1 aromatic heterocycles. The monoisotopic (exact) mass is 340 g/mol. The fraction of sp³-hybridized carbons (Fsp3) is 0.167. The number of hydrogen-bond acceptors (Lipinski definition) is 1. The van der Waals surface area contributed by atoms with Crippen LogP contribution in [0.25, 0.3) is 11.1 Å². The van der Waals surface area contributed by atoms with Gasteiger partial charge in [0.15, 0.2) is 0 Å². The first-order valence-corrected chi connectivity index (χ1v) is 7.93. The molecule has 0 atom stereocenters. The summed E-state index contributed by atoms with van der Waals surface area (Å²) in [6, 6.07) is 18.9. The van der Waals surface area contributed by atoms with Crippen LogP contribution in [-0.2, 0) is 13.0 Å². The molecule has 0 unspecified atom stereocenters. The van der Waals surface area contributed by atoms with E-state index in [1.54, 1.807) is 0 Å². The summed E-state index contributed by atoms with van der Waals surface area (Å²) in [5.74, 6) is 0. The maximum atomic E-state index is 4.45. The standard InChI is InChI=1S/C18H17BrN2/c19-18-10-4-9-16(12-18)17-13-20-21(14-17)11-5-8-15-6-2-1-3-7-15/h1-4,6-7,9-10,12-14H,5,8,11H2. The van der Waals surface area contributed by atoms with E-state index in [-0.39, 0.29) is 0 Å². The van der Waals surface area contributed by atoms with Gasteiger partial charge in [0, 0.05) is 22.8 Å². The van der Waals surface area contributed by atoms with Crippen molar-refractivity contribution in [1.29, 1.82) is 0 Å². The molecule has 0 aliphatic rings. The van der Waals surface area contributed by atoms with Gasteiger partial charge in [0.05, 0.1) is 6.20 Å². The van der Waals surface area contributed by atoms with Crippen LogP contribution >= 0.6 is 15.9 Å². The van der Waals surface area contributed by atoms with Crippen molar-refractivity contribution in [3.8, 4) is 11.1 Å². The first-order chi connectivity index (χ1) is 10.3. The van der Waals surface area contributed by atoms with E-state index in [0.29, 0.717) is 0 Å². The highest BCUT2D eigenvalue weighted by Gasteiger charge is 2.02. The average molecular weight is 341 g/mol. The van der Waals surface area contributed by atoms with E-state index in [1.165, 1.54) is 11.1 Å². The smallest absolute Gasteiger partial charge is 0.0568 e. The highest BCUT2D eigenvalue weighted by Crippen LogP contribution is 2.22. The summed E-state index contributed by atoms with van der Waals surface area (Å²) in [5, 5.41) is 4.45. The molecule has 21 heavy (non-hydrogen) atoms. The largest absolute Gasteiger partial charge is 0.272 e. The van der Waals surface area contributed by atoms with Crippen molar-refractivity contribution in [3.63, 3.8) is 0 Å². The van der Waals surface area contributed by atoms with E-state index < -0.39 is 0 Å². The van der Waals surface area contributed by atoms with Crippen LogP contribution in [0.3, 0.4) is 0 Å². The number of aromatic nitrogens is 2. The SMILES string of the molecule is Brc1cccc(-c2cnn(CCCc3ccccc3)c2)c1. The fourth-order valence-corrected chi connectivity index (χ4v) is 2.79. The molecule has 0 N–H and O–H groups in total. The zero-order chi connectivity index (χ0) is 14.5. The first-order valence-electron chi connectivity index (χ1n) is 7.13. The number of nitrogens with zero attached hydrogens (tertiary/aromatic N) is 2. The van der Waals surface area contributed by atoms with Crippen molar-refractivity contribution in [2.45, 2.75) is 19.4 Å². The molecule has 0 aliphatic heterocycles. The third kappa shape index (κ3) is 3.82. The van der Waals surface area contributed by atoms with Gasteiger partial charge in [-0.2, -0.15) is 5.10 Å². The molecule has 3 rings (SSSR count). The van der Waals surface area contributed by atoms with Gasteiger partial charge in [-0.1, -0.05) is 58.4 Å². The van der Waals surface area contributed by atoms with E-state index in [4.69, 9.17) is 0 Å². The van der Waals surface area contributed by atoms with Gasteiger partial charge in [0.2, 0.25) is 0 Å². The molecular weight excluding hydrogens is 324 g/mol. The fourth-order valence-electron chi connectivity index (χ4n) is 2.39. The molecule has 0 radical (unpaired) electrons. The second-order valence-electron chi connectivity index (χ2n) is 5.09. The Hall–Kier alpha value is -1.87. The molecule has 0 fully saturated rings. The molecule has 1 heterocycles. The molecule has 0 saturated heterocycles. The summed E-state index contributed by atoms with van der Waals surface area (Å²) in [6.07, 6.45) is 6.24. The van der Waals surface area contributed by atoms with Gasteiger partial charge < -0.3 is 0 Å². The maximum Gasteiger partial charge on any atom is 0.0568 e. The highest BCUT2D eigenvalue weighted by atomic mass is 79.9. The van der Waals surface area contributed by atoms with Crippen molar-refractivity contribution in [2.24, 2.45) is 0 Å². The second kappa shape index (κ2) is 6.72. The molecule has 106 valence electrons. The van der Waals surface area contributed by atoms with Crippen LogP contribution in [0.2, 0.25) is 0 Å². The van der Waals surface area contributed by atoms with E-state index in [2.05, 4.69) is 69.7 Å². The van der Waals surface area contributed by atoms with Gasteiger partial charge in [-0.3, -0.25) is 4.68 Å². The lowest BCUT2D eigenvalue weighted by atomic mass is 10.1. The molecule has 0 bridgehead atoms. The molecule has 2 nitrogen and oxygen atoms in total. The summed E-state index contributed by atoms with van der Waals surface area (Å²) in [6.45, 7) is 0.947. The minimum atomic E-state index is 0.947. The summed E-state index contributed by atoms with van der Waals surface area (Å²) in [4.78, 5) is 0. The van der Waals surface area contributed by atoms with Crippen LogP contribution < -0.4 is 0 Å². The lowest BCUT2D eigenvalue weighted by Crippen LogP contribution is -1.99. The van der Waals surface area contributed by atoms with Crippen LogP contribution in [-0.4, -0.2) is 9.78 Å². The van der Waals surface area contributed by atoms with Gasteiger partial charge in [-0.25, -0.2) is 0 Å². The second-order valence-corrected chi connectivity index (χ2v) is 6.01. The predicted octanol–water partition coefficient (Wildman–Crippen LogP) is 4.95. The number of benzene rings is 2. The lowest BCUT2D eigenvalue weighted by molar-refractivity contribution is 0.579. The van der Waals surface area contributed by atoms with Crippen LogP contribution in [0, 0.1) is 0 Å². The van der Waals surface area contributed by atoms with Gasteiger partial charge in [0.1, 0.15) is 0 Å². The number of halogens is 1. The van der Waals surface area contributed by atoms with Crippen molar-refractivity contribution in [1.82, 2.24) is 9.78 Å². The Labute approximate surface area is 133 Å². The first kappa shape index (κ1) is 14.1. The zero-order valence-corrected chi connectivity index (χ0v) is 13.3. The lowest BCUT2D eigenvalue weighted by Gasteiger charge is -2.02. The van der Waals surface area contributed by atoms with Gasteiger partial charge in [-0.05, 0) is 36.1 Å². The summed E-state index contributed by atoms with van der Waals surface area (Å²) < 4.78 is 3.12. The Morgan fingerprint density at radius 2 is 1.81 bits per heavy atom. The predicted molar refractivity (Wildman–Crippen MR) is 90.1 cm³/mol. The molecule has 3 heteroatoms. The zero-order valence-electron chi connectivity index (χ0n) is 11.7. The highest BCUT2D eigenvalue weighted by molar-refractivity contribution is 9.10. The third-order valence-corrected chi connectivity index (χ3v) is 3.98. The Balaban J connectivity index is 1.60. The Morgan fingerprint density at radius 3 is 2.62 bits per heavy atom. The van der Waals surface area contributed by atoms with Crippen molar-refractivity contribution < 1.29 is 0 Å². The van der Waals surface area contributed by atoms with E-state index in [1.807, 2.05) is 23.0 Å². The van der Waals surface area contributed by atoms with E-state index in [0.717, 1.165) is 29.4 Å². The van der Waals surface area contributed by atoms with Crippen LogP contribution in [0.1, 0.15) is 12.0 Å². The minimum Gasteiger partial charge on any atom is -0.272 e. The maximum absolute atomic E-state index is 4.45. The topological polar surface area (TPSA) is 17.8 Å². The Bertz CT molecular complexity index is 704. The average Bonchev–Trinajstić information content (AvgIpc) is 2.97. The van der Waals surface area contributed by atoms with Crippen molar-refractivity contribution in [2.75, 3.05) is 0 Å². The third-order valence-electron chi connectivity index (χ3n) is 3.49. The van der Waals surface area contributed by atoms with E-state index >= 15 is 0 Å². The molecular formula is C18H17BrN2. The molecule has 3 aromatic rings. The molecule has 0 saturated carbocycles.